The quantitative estimate of drug-likeness (QED) is 0.758. The molecule has 0 aliphatic carbocycles. The van der Waals surface area contributed by atoms with Crippen LogP contribution in [0.5, 0.6) is 0 Å². The molecule has 0 saturated heterocycles. The lowest BCUT2D eigenvalue weighted by molar-refractivity contribution is 0.0697. The molecule has 2 atom stereocenters. The molecule has 0 aromatic heterocycles. The van der Waals surface area contributed by atoms with Crippen molar-refractivity contribution in [2.45, 2.75) is 32.4 Å². The van der Waals surface area contributed by atoms with Crippen LogP contribution in [-0.4, -0.2) is 28.3 Å². The zero-order chi connectivity index (χ0) is 13.0. The maximum absolute atomic E-state index is 10.8. The Morgan fingerprint density at radius 2 is 2.12 bits per heavy atom. The Hall–Kier alpha value is -1.26. The summed E-state index contributed by atoms with van der Waals surface area (Å²) >= 11 is 5.84. The van der Waals surface area contributed by atoms with E-state index in [0.717, 1.165) is 5.69 Å². The number of benzene rings is 1. The second kappa shape index (κ2) is 5.89. The molecule has 0 aliphatic rings. The molecule has 0 radical (unpaired) electrons. The Balaban J connectivity index is 2.74. The first-order valence-electron chi connectivity index (χ1n) is 5.37. The first-order valence-corrected chi connectivity index (χ1v) is 5.75. The van der Waals surface area contributed by atoms with Crippen LogP contribution in [0.3, 0.4) is 0 Å². The van der Waals surface area contributed by atoms with Crippen molar-refractivity contribution in [2.75, 3.05) is 5.32 Å². The Bertz CT molecular complexity index is 407. The number of aliphatic hydroxyl groups is 1. The molecular weight excluding hydrogens is 242 g/mol. The third kappa shape index (κ3) is 4.24. The molecule has 4 nitrogen and oxygen atoms in total. The van der Waals surface area contributed by atoms with Gasteiger partial charge in [0.25, 0.3) is 0 Å². The van der Waals surface area contributed by atoms with Crippen LogP contribution in [0.25, 0.3) is 0 Å². The van der Waals surface area contributed by atoms with E-state index in [-0.39, 0.29) is 22.7 Å². The first kappa shape index (κ1) is 13.8. The fourth-order valence-corrected chi connectivity index (χ4v) is 1.89. The first-order chi connectivity index (χ1) is 7.90. The van der Waals surface area contributed by atoms with E-state index < -0.39 is 5.97 Å². The lowest BCUT2D eigenvalue weighted by Gasteiger charge is -2.17. The smallest absolute Gasteiger partial charge is 0.337 e. The van der Waals surface area contributed by atoms with E-state index in [1.165, 1.54) is 6.07 Å². The van der Waals surface area contributed by atoms with E-state index in [9.17, 15) is 9.90 Å². The van der Waals surface area contributed by atoms with Gasteiger partial charge in [0, 0.05) is 11.7 Å². The predicted molar refractivity (Wildman–Crippen MR) is 67.8 cm³/mol. The van der Waals surface area contributed by atoms with Crippen molar-refractivity contribution >= 4 is 23.3 Å². The summed E-state index contributed by atoms with van der Waals surface area (Å²) in [6.45, 7) is 3.66. The van der Waals surface area contributed by atoms with Crippen LogP contribution < -0.4 is 5.32 Å². The molecule has 1 aromatic carbocycles. The average molecular weight is 258 g/mol. The van der Waals surface area contributed by atoms with Gasteiger partial charge in [-0.15, -0.1) is 0 Å². The van der Waals surface area contributed by atoms with E-state index in [1.807, 2.05) is 6.92 Å². The number of halogens is 1. The van der Waals surface area contributed by atoms with Crippen molar-refractivity contribution in [3.05, 3.63) is 28.8 Å². The molecule has 1 rings (SSSR count). The number of carboxylic acid groups (broad SMARTS) is 1. The minimum atomic E-state index is -1.04. The third-order valence-corrected chi connectivity index (χ3v) is 2.62. The van der Waals surface area contributed by atoms with Gasteiger partial charge in [-0.1, -0.05) is 11.6 Å². The van der Waals surface area contributed by atoms with Gasteiger partial charge in [-0.05, 0) is 38.5 Å². The topological polar surface area (TPSA) is 69.6 Å². The summed E-state index contributed by atoms with van der Waals surface area (Å²) < 4.78 is 0. The largest absolute Gasteiger partial charge is 0.478 e. The highest BCUT2D eigenvalue weighted by Gasteiger charge is 2.10. The number of carboxylic acids is 1. The van der Waals surface area contributed by atoms with Crippen molar-refractivity contribution < 1.29 is 15.0 Å². The summed E-state index contributed by atoms with van der Waals surface area (Å²) in [5.74, 6) is -1.04. The van der Waals surface area contributed by atoms with E-state index >= 15 is 0 Å². The number of hydrogen-bond acceptors (Lipinski definition) is 3. The highest BCUT2D eigenvalue weighted by atomic mass is 35.5. The number of hydrogen-bond donors (Lipinski definition) is 3. The Labute approximate surface area is 105 Å². The van der Waals surface area contributed by atoms with E-state index in [4.69, 9.17) is 16.7 Å². The van der Waals surface area contributed by atoms with Crippen molar-refractivity contribution in [2.24, 2.45) is 0 Å². The zero-order valence-corrected chi connectivity index (χ0v) is 10.5. The van der Waals surface area contributed by atoms with Crippen LogP contribution in [0.4, 0.5) is 5.69 Å². The monoisotopic (exact) mass is 257 g/mol. The molecule has 17 heavy (non-hydrogen) atoms. The maximum atomic E-state index is 10.8. The lowest BCUT2D eigenvalue weighted by atomic mass is 10.1. The molecule has 3 N–H and O–H groups in total. The van der Waals surface area contributed by atoms with Gasteiger partial charge in [0.2, 0.25) is 0 Å². The second-order valence-corrected chi connectivity index (χ2v) is 4.54. The molecule has 94 valence electrons. The number of nitrogens with one attached hydrogen (secondary N) is 1. The van der Waals surface area contributed by atoms with Gasteiger partial charge in [0.05, 0.1) is 16.7 Å². The van der Waals surface area contributed by atoms with Gasteiger partial charge in [-0.2, -0.15) is 0 Å². The van der Waals surface area contributed by atoms with Gasteiger partial charge < -0.3 is 15.5 Å². The SMILES string of the molecule is CC(O)CC(C)Nc1ccc(C(=O)O)c(Cl)c1. The summed E-state index contributed by atoms with van der Waals surface area (Å²) in [5.41, 5.74) is 0.827. The molecule has 5 heteroatoms. The van der Waals surface area contributed by atoms with Crippen molar-refractivity contribution in [1.29, 1.82) is 0 Å². The van der Waals surface area contributed by atoms with Crippen LogP contribution in [0, 0.1) is 0 Å². The predicted octanol–water partition coefficient (Wildman–Crippen LogP) is 2.61. The molecule has 0 heterocycles. The minimum absolute atomic E-state index is 0.0837. The van der Waals surface area contributed by atoms with Crippen molar-refractivity contribution in [1.82, 2.24) is 0 Å². The molecule has 0 aliphatic heterocycles. The standard InChI is InChI=1S/C12H16ClNO3/c1-7(5-8(2)15)14-9-3-4-10(12(16)17)11(13)6-9/h3-4,6-8,14-15H,5H2,1-2H3,(H,16,17). The Kier molecular flexibility index (Phi) is 4.78. The van der Waals surface area contributed by atoms with Crippen LogP contribution in [0.1, 0.15) is 30.6 Å². The minimum Gasteiger partial charge on any atom is -0.478 e. The third-order valence-electron chi connectivity index (χ3n) is 2.31. The summed E-state index contributed by atoms with van der Waals surface area (Å²) in [5, 5.41) is 21.4. The molecule has 2 unspecified atom stereocenters. The summed E-state index contributed by atoms with van der Waals surface area (Å²) in [6.07, 6.45) is 0.226. The normalized spacial score (nSPS) is 14.1. The molecule has 0 amide bonds. The van der Waals surface area contributed by atoms with Gasteiger partial charge in [0.1, 0.15) is 0 Å². The number of rotatable bonds is 5. The average Bonchev–Trinajstić information content (AvgIpc) is 2.15. The van der Waals surface area contributed by atoms with Crippen LogP contribution in [0.15, 0.2) is 18.2 Å². The van der Waals surface area contributed by atoms with E-state index in [0.29, 0.717) is 6.42 Å². The fourth-order valence-electron chi connectivity index (χ4n) is 1.63. The molecule has 0 fully saturated rings. The molecule has 0 spiro atoms. The lowest BCUT2D eigenvalue weighted by Crippen LogP contribution is -2.20. The van der Waals surface area contributed by atoms with E-state index in [2.05, 4.69) is 5.32 Å². The maximum Gasteiger partial charge on any atom is 0.337 e. The molecular formula is C12H16ClNO3. The van der Waals surface area contributed by atoms with Gasteiger partial charge in [-0.25, -0.2) is 4.79 Å². The fraction of sp³-hybridized carbons (Fsp3) is 0.417. The van der Waals surface area contributed by atoms with Crippen LogP contribution in [-0.2, 0) is 0 Å². The van der Waals surface area contributed by atoms with Gasteiger partial charge >= 0.3 is 5.97 Å². The zero-order valence-electron chi connectivity index (χ0n) is 9.77. The molecule has 0 bridgehead atoms. The van der Waals surface area contributed by atoms with Crippen molar-refractivity contribution in [3.63, 3.8) is 0 Å². The number of aliphatic hydroxyl groups excluding tert-OH is 1. The summed E-state index contributed by atoms with van der Waals surface area (Å²) in [7, 11) is 0. The second-order valence-electron chi connectivity index (χ2n) is 4.13. The van der Waals surface area contributed by atoms with Crippen molar-refractivity contribution in [3.8, 4) is 0 Å². The van der Waals surface area contributed by atoms with Gasteiger partial charge in [-0.3, -0.25) is 0 Å². The number of aromatic carboxylic acids is 1. The number of carbonyl (C=O) groups is 1. The van der Waals surface area contributed by atoms with Gasteiger partial charge in [0.15, 0.2) is 0 Å². The van der Waals surface area contributed by atoms with Crippen LogP contribution in [0.2, 0.25) is 5.02 Å². The van der Waals surface area contributed by atoms with Crippen LogP contribution >= 0.6 is 11.6 Å². The molecule has 1 aromatic rings. The summed E-state index contributed by atoms with van der Waals surface area (Å²) in [4.78, 5) is 10.8. The molecule has 0 saturated carbocycles. The highest BCUT2D eigenvalue weighted by molar-refractivity contribution is 6.33. The highest BCUT2D eigenvalue weighted by Crippen LogP contribution is 2.22. The van der Waals surface area contributed by atoms with E-state index in [1.54, 1.807) is 19.1 Å². The Morgan fingerprint density at radius 3 is 2.59 bits per heavy atom. The number of anilines is 1. The summed E-state index contributed by atoms with van der Waals surface area (Å²) in [6, 6.07) is 4.78. The Morgan fingerprint density at radius 1 is 1.47 bits per heavy atom.